The van der Waals surface area contributed by atoms with Crippen LogP contribution in [-0.4, -0.2) is 45.3 Å². The second-order valence-electron chi connectivity index (χ2n) is 5.81. The topological polar surface area (TPSA) is 52.0 Å². The smallest absolute Gasteiger partial charge is 0.258 e. The molecule has 5 heteroatoms. The van der Waals surface area contributed by atoms with E-state index >= 15 is 0 Å². The van der Waals surface area contributed by atoms with Gasteiger partial charge in [-0.05, 0) is 30.7 Å². The summed E-state index contributed by atoms with van der Waals surface area (Å²) in [5, 5.41) is 3.07. The highest BCUT2D eigenvalue weighted by Gasteiger charge is 2.22. The molecule has 1 aromatic rings. The van der Waals surface area contributed by atoms with Crippen molar-refractivity contribution in [2.24, 2.45) is 0 Å². The second kappa shape index (κ2) is 8.63. The Kier molecular flexibility index (Phi) is 6.52. The molecule has 5 nitrogen and oxygen atoms in total. The molecule has 1 amide bonds. The van der Waals surface area contributed by atoms with Gasteiger partial charge in [-0.1, -0.05) is 6.92 Å². The summed E-state index contributed by atoms with van der Waals surface area (Å²) in [6.45, 7) is 5.82. The van der Waals surface area contributed by atoms with Crippen molar-refractivity contribution in [3.63, 3.8) is 0 Å². The fraction of sp³-hybridized carbons (Fsp3) is 0.588. The number of ether oxygens (including phenoxy) is 2. The Balaban J connectivity index is 1.67. The Hall–Kier alpha value is -1.75. The van der Waals surface area contributed by atoms with Crippen molar-refractivity contribution in [2.45, 2.75) is 32.2 Å². The van der Waals surface area contributed by atoms with Gasteiger partial charge in [0.05, 0.1) is 26.7 Å². The van der Waals surface area contributed by atoms with E-state index in [4.69, 9.17) is 9.47 Å². The van der Waals surface area contributed by atoms with E-state index in [1.54, 1.807) is 24.1 Å². The van der Waals surface area contributed by atoms with Crippen LogP contribution in [0.2, 0.25) is 0 Å². The third-order valence-corrected chi connectivity index (χ3v) is 4.09. The molecule has 122 valence electrons. The average Bonchev–Trinajstić information content (AvgIpc) is 2.55. The molecule has 22 heavy (non-hydrogen) atoms. The summed E-state index contributed by atoms with van der Waals surface area (Å²) in [7, 11) is 1.62. The lowest BCUT2D eigenvalue weighted by molar-refractivity contribution is -0.905. The standard InChI is InChI=1S/C17H26N2O3/c1-3-10-19-11-8-14(9-12-19)18-17(20)13-22-16-6-4-15(21-2)5-7-16/h4-7,14H,3,8-13H2,1-2H3,(H,18,20)/p+1. The molecule has 0 radical (unpaired) electrons. The third-order valence-electron chi connectivity index (χ3n) is 4.09. The second-order valence-corrected chi connectivity index (χ2v) is 5.81. The maximum atomic E-state index is 11.9. The molecule has 1 aliphatic rings. The van der Waals surface area contributed by atoms with Crippen LogP contribution in [0.4, 0.5) is 0 Å². The Bertz CT molecular complexity index is 453. The molecule has 0 unspecified atom stereocenters. The quantitative estimate of drug-likeness (QED) is 0.777. The molecule has 1 fully saturated rings. The van der Waals surface area contributed by atoms with E-state index in [0.29, 0.717) is 11.8 Å². The number of benzene rings is 1. The van der Waals surface area contributed by atoms with Crippen LogP contribution in [-0.2, 0) is 4.79 Å². The van der Waals surface area contributed by atoms with Crippen molar-refractivity contribution in [3.8, 4) is 11.5 Å². The predicted molar refractivity (Wildman–Crippen MR) is 85.5 cm³/mol. The summed E-state index contributed by atoms with van der Waals surface area (Å²) < 4.78 is 10.6. The van der Waals surface area contributed by atoms with Gasteiger partial charge in [-0.15, -0.1) is 0 Å². The van der Waals surface area contributed by atoms with Crippen molar-refractivity contribution in [1.29, 1.82) is 0 Å². The van der Waals surface area contributed by atoms with E-state index in [9.17, 15) is 4.79 Å². The van der Waals surface area contributed by atoms with Gasteiger partial charge in [-0.3, -0.25) is 4.79 Å². The molecular formula is C17H27N2O3+. The predicted octanol–water partition coefficient (Wildman–Crippen LogP) is 0.648. The maximum absolute atomic E-state index is 11.9. The van der Waals surface area contributed by atoms with Crippen LogP contribution >= 0.6 is 0 Å². The normalized spacial score (nSPS) is 21.2. The van der Waals surface area contributed by atoms with Crippen LogP contribution in [0.25, 0.3) is 0 Å². The number of carbonyl (C=O) groups is 1. The summed E-state index contributed by atoms with van der Waals surface area (Å²) in [6, 6.07) is 7.55. The average molecular weight is 307 g/mol. The first-order valence-electron chi connectivity index (χ1n) is 8.11. The van der Waals surface area contributed by atoms with Gasteiger partial charge in [0, 0.05) is 18.9 Å². The van der Waals surface area contributed by atoms with Gasteiger partial charge in [0.25, 0.3) is 5.91 Å². The number of hydrogen-bond acceptors (Lipinski definition) is 3. The first-order valence-corrected chi connectivity index (χ1v) is 8.11. The van der Waals surface area contributed by atoms with Crippen LogP contribution in [0.3, 0.4) is 0 Å². The number of rotatable bonds is 7. The van der Waals surface area contributed by atoms with Crippen molar-refractivity contribution in [2.75, 3.05) is 33.4 Å². The molecule has 1 saturated heterocycles. The van der Waals surface area contributed by atoms with Crippen LogP contribution in [0.1, 0.15) is 26.2 Å². The minimum absolute atomic E-state index is 0.0419. The highest BCUT2D eigenvalue weighted by Crippen LogP contribution is 2.16. The minimum atomic E-state index is -0.0419. The van der Waals surface area contributed by atoms with Gasteiger partial charge in [0.2, 0.25) is 0 Å². The summed E-state index contributed by atoms with van der Waals surface area (Å²) >= 11 is 0. The SMILES string of the molecule is CCC[NH+]1CCC(NC(=O)COc2ccc(OC)cc2)CC1. The largest absolute Gasteiger partial charge is 0.497 e. The summed E-state index contributed by atoms with van der Waals surface area (Å²) in [4.78, 5) is 13.6. The molecule has 0 saturated carbocycles. The Morgan fingerprint density at radius 1 is 1.23 bits per heavy atom. The first-order chi connectivity index (χ1) is 10.7. The van der Waals surface area contributed by atoms with Crippen LogP contribution < -0.4 is 19.7 Å². The summed E-state index contributed by atoms with van der Waals surface area (Å²) in [5.74, 6) is 1.41. The lowest BCUT2D eigenvalue weighted by Gasteiger charge is -2.29. The molecule has 2 rings (SSSR count). The molecule has 2 N–H and O–H groups in total. The Labute approximate surface area is 132 Å². The highest BCUT2D eigenvalue weighted by atomic mass is 16.5. The fourth-order valence-electron chi connectivity index (χ4n) is 2.86. The van der Waals surface area contributed by atoms with Crippen molar-refractivity contribution in [3.05, 3.63) is 24.3 Å². The molecule has 0 atom stereocenters. The van der Waals surface area contributed by atoms with Gasteiger partial charge < -0.3 is 19.7 Å². The van der Waals surface area contributed by atoms with Gasteiger partial charge >= 0.3 is 0 Å². The minimum Gasteiger partial charge on any atom is -0.497 e. The Morgan fingerprint density at radius 3 is 2.45 bits per heavy atom. The lowest BCUT2D eigenvalue weighted by Crippen LogP contribution is -3.13. The van der Waals surface area contributed by atoms with Crippen LogP contribution in [0, 0.1) is 0 Å². The fourth-order valence-corrected chi connectivity index (χ4v) is 2.86. The van der Waals surface area contributed by atoms with Gasteiger partial charge in [0.1, 0.15) is 11.5 Å². The van der Waals surface area contributed by atoms with E-state index in [1.807, 2.05) is 12.1 Å². The van der Waals surface area contributed by atoms with Crippen molar-refractivity contribution >= 4 is 5.91 Å². The molecule has 1 aliphatic heterocycles. The summed E-state index contributed by atoms with van der Waals surface area (Å²) in [6.07, 6.45) is 3.34. The Morgan fingerprint density at radius 2 is 1.86 bits per heavy atom. The zero-order valence-electron chi connectivity index (χ0n) is 13.6. The summed E-state index contributed by atoms with van der Waals surface area (Å²) in [5.41, 5.74) is 0. The van der Waals surface area contributed by atoms with Gasteiger partial charge in [-0.2, -0.15) is 0 Å². The monoisotopic (exact) mass is 307 g/mol. The number of piperidine rings is 1. The molecular weight excluding hydrogens is 280 g/mol. The highest BCUT2D eigenvalue weighted by molar-refractivity contribution is 5.77. The number of methoxy groups -OCH3 is 1. The number of likely N-dealkylation sites (tertiary alicyclic amines) is 1. The number of carbonyl (C=O) groups excluding carboxylic acids is 1. The van der Waals surface area contributed by atoms with E-state index < -0.39 is 0 Å². The molecule has 1 aromatic carbocycles. The lowest BCUT2D eigenvalue weighted by atomic mass is 10.0. The maximum Gasteiger partial charge on any atom is 0.258 e. The molecule has 0 spiro atoms. The van der Waals surface area contributed by atoms with E-state index in [1.165, 1.54) is 13.0 Å². The van der Waals surface area contributed by atoms with E-state index in [2.05, 4.69) is 12.2 Å². The van der Waals surface area contributed by atoms with Crippen molar-refractivity contribution in [1.82, 2.24) is 5.32 Å². The number of hydrogen-bond donors (Lipinski definition) is 2. The van der Waals surface area contributed by atoms with Crippen molar-refractivity contribution < 1.29 is 19.2 Å². The molecule has 1 heterocycles. The molecule has 0 aliphatic carbocycles. The number of quaternary nitrogens is 1. The molecule has 0 aromatic heterocycles. The van der Waals surface area contributed by atoms with Gasteiger partial charge in [-0.25, -0.2) is 0 Å². The molecule has 0 bridgehead atoms. The zero-order chi connectivity index (χ0) is 15.8. The van der Waals surface area contributed by atoms with Crippen LogP contribution in [0.5, 0.6) is 11.5 Å². The number of nitrogens with one attached hydrogen (secondary N) is 2. The number of amides is 1. The van der Waals surface area contributed by atoms with E-state index in [-0.39, 0.29) is 12.5 Å². The zero-order valence-corrected chi connectivity index (χ0v) is 13.6. The van der Waals surface area contributed by atoms with Crippen LogP contribution in [0.15, 0.2) is 24.3 Å². The van der Waals surface area contributed by atoms with E-state index in [0.717, 1.165) is 31.7 Å². The van der Waals surface area contributed by atoms with Gasteiger partial charge in [0.15, 0.2) is 6.61 Å². The third kappa shape index (κ3) is 5.22. The first kappa shape index (κ1) is 16.6.